The summed E-state index contributed by atoms with van der Waals surface area (Å²) in [6.45, 7) is 2.11. The second-order valence-corrected chi connectivity index (χ2v) is 5.34. The topological polar surface area (TPSA) is 81.6 Å². The van der Waals surface area contributed by atoms with Crippen LogP contribution in [-0.2, 0) is 12.1 Å². The number of amides is 2. The van der Waals surface area contributed by atoms with Gasteiger partial charge in [-0.2, -0.15) is 0 Å². The molecular weight excluding hydrogens is 280 g/mol. The largest absolute Gasteiger partial charge is 0.508 e. The summed E-state index contributed by atoms with van der Waals surface area (Å²) in [6.07, 6.45) is 0. The molecule has 5 heteroatoms. The number of benzene rings is 2. The maximum atomic E-state index is 11.8. The van der Waals surface area contributed by atoms with Crippen molar-refractivity contribution in [2.45, 2.75) is 19.1 Å². The minimum Gasteiger partial charge on any atom is -0.508 e. The van der Waals surface area contributed by atoms with Crippen molar-refractivity contribution in [2.75, 3.05) is 6.54 Å². The van der Waals surface area contributed by atoms with Crippen LogP contribution < -0.4 is 10.6 Å². The highest BCUT2D eigenvalue weighted by Gasteiger charge is 2.23. The zero-order chi connectivity index (χ0) is 16.0. The van der Waals surface area contributed by atoms with E-state index in [-0.39, 0.29) is 18.3 Å². The van der Waals surface area contributed by atoms with Crippen LogP contribution in [0.3, 0.4) is 0 Å². The van der Waals surface area contributed by atoms with Crippen molar-refractivity contribution >= 4 is 6.03 Å². The lowest BCUT2D eigenvalue weighted by Gasteiger charge is -2.24. The van der Waals surface area contributed by atoms with E-state index >= 15 is 0 Å². The molecule has 116 valence electrons. The number of aliphatic hydroxyl groups is 1. The van der Waals surface area contributed by atoms with Gasteiger partial charge in [0.1, 0.15) is 11.4 Å². The van der Waals surface area contributed by atoms with Gasteiger partial charge in [0.15, 0.2) is 0 Å². The van der Waals surface area contributed by atoms with Crippen molar-refractivity contribution in [3.63, 3.8) is 0 Å². The summed E-state index contributed by atoms with van der Waals surface area (Å²) in [5.74, 6) is 0.187. The van der Waals surface area contributed by atoms with Gasteiger partial charge in [-0.05, 0) is 30.2 Å². The Morgan fingerprint density at radius 2 is 1.68 bits per heavy atom. The fraction of sp³-hybridized carbons (Fsp3) is 0.235. The summed E-state index contributed by atoms with van der Waals surface area (Å²) in [5.41, 5.74) is 0.494. The molecule has 5 nitrogen and oxygen atoms in total. The maximum Gasteiger partial charge on any atom is 0.315 e. The van der Waals surface area contributed by atoms with Crippen molar-refractivity contribution in [1.29, 1.82) is 0 Å². The Morgan fingerprint density at radius 3 is 2.32 bits per heavy atom. The van der Waals surface area contributed by atoms with Gasteiger partial charge in [0.05, 0.1) is 6.54 Å². The molecule has 0 aliphatic heterocycles. The number of rotatable bonds is 5. The average Bonchev–Trinajstić information content (AvgIpc) is 2.53. The van der Waals surface area contributed by atoms with E-state index in [1.807, 2.05) is 30.3 Å². The molecule has 0 spiro atoms. The Balaban J connectivity index is 1.81. The Morgan fingerprint density at radius 1 is 1.05 bits per heavy atom. The Bertz CT molecular complexity index is 610. The monoisotopic (exact) mass is 300 g/mol. The number of nitrogens with one attached hydrogen (secondary N) is 2. The molecule has 0 aromatic heterocycles. The molecule has 0 saturated heterocycles. The summed E-state index contributed by atoms with van der Waals surface area (Å²) >= 11 is 0. The zero-order valence-corrected chi connectivity index (χ0v) is 12.4. The van der Waals surface area contributed by atoms with Crippen LogP contribution in [0.25, 0.3) is 0 Å². The van der Waals surface area contributed by atoms with Gasteiger partial charge in [-0.1, -0.05) is 42.5 Å². The first-order valence-corrected chi connectivity index (χ1v) is 7.05. The molecule has 2 amide bonds. The number of phenolic OH excluding ortho intramolecular Hbond substituents is 1. The van der Waals surface area contributed by atoms with Crippen molar-refractivity contribution in [2.24, 2.45) is 0 Å². The summed E-state index contributed by atoms with van der Waals surface area (Å²) in [4.78, 5) is 11.8. The van der Waals surface area contributed by atoms with Gasteiger partial charge in [-0.3, -0.25) is 0 Å². The van der Waals surface area contributed by atoms with Gasteiger partial charge in [-0.15, -0.1) is 0 Å². The molecule has 4 N–H and O–H groups in total. The fourth-order valence-electron chi connectivity index (χ4n) is 2.01. The molecule has 2 rings (SSSR count). The molecule has 2 aromatic rings. The number of hydrogen-bond donors (Lipinski definition) is 4. The summed E-state index contributed by atoms with van der Waals surface area (Å²) in [5, 5.41) is 24.9. The number of carbonyl (C=O) groups is 1. The molecule has 1 atom stereocenters. The lowest BCUT2D eigenvalue weighted by atomic mass is 9.96. The van der Waals surface area contributed by atoms with Gasteiger partial charge in [0.2, 0.25) is 0 Å². The molecule has 22 heavy (non-hydrogen) atoms. The van der Waals surface area contributed by atoms with Crippen molar-refractivity contribution in [1.82, 2.24) is 10.6 Å². The first-order valence-electron chi connectivity index (χ1n) is 7.05. The van der Waals surface area contributed by atoms with Crippen molar-refractivity contribution in [3.05, 3.63) is 65.7 Å². The molecule has 0 bridgehead atoms. The molecule has 2 aromatic carbocycles. The molecule has 0 radical (unpaired) electrons. The summed E-state index contributed by atoms with van der Waals surface area (Å²) in [7, 11) is 0. The second-order valence-electron chi connectivity index (χ2n) is 5.34. The highest BCUT2D eigenvalue weighted by Crippen LogP contribution is 2.18. The third-order valence-corrected chi connectivity index (χ3v) is 3.38. The van der Waals surface area contributed by atoms with Crippen LogP contribution >= 0.6 is 0 Å². The third kappa shape index (κ3) is 4.49. The van der Waals surface area contributed by atoms with Gasteiger partial charge in [-0.25, -0.2) is 4.79 Å². The number of carbonyl (C=O) groups excluding carboxylic acids is 1. The Hall–Kier alpha value is -2.53. The van der Waals surface area contributed by atoms with E-state index in [1.54, 1.807) is 31.2 Å². The predicted molar refractivity (Wildman–Crippen MR) is 84.4 cm³/mol. The van der Waals surface area contributed by atoms with Crippen LogP contribution in [0, 0.1) is 0 Å². The van der Waals surface area contributed by atoms with Crippen LogP contribution in [0.2, 0.25) is 0 Å². The third-order valence-electron chi connectivity index (χ3n) is 3.38. The normalized spacial score (nSPS) is 13.2. The molecule has 0 fully saturated rings. The van der Waals surface area contributed by atoms with Gasteiger partial charge in [0, 0.05) is 6.54 Å². The Kier molecular flexibility index (Phi) is 5.01. The molecular formula is C17H20N2O3. The van der Waals surface area contributed by atoms with E-state index in [0.717, 1.165) is 11.1 Å². The number of aromatic hydroxyl groups is 1. The second kappa shape index (κ2) is 6.95. The van der Waals surface area contributed by atoms with Crippen LogP contribution in [0.4, 0.5) is 4.79 Å². The molecule has 0 heterocycles. The van der Waals surface area contributed by atoms with Gasteiger partial charge in [0.25, 0.3) is 0 Å². The summed E-state index contributed by atoms with van der Waals surface area (Å²) < 4.78 is 0. The fourth-order valence-corrected chi connectivity index (χ4v) is 2.01. The molecule has 1 unspecified atom stereocenters. The first-order chi connectivity index (χ1) is 10.5. The molecule has 0 aliphatic rings. The van der Waals surface area contributed by atoms with Crippen molar-refractivity contribution < 1.29 is 15.0 Å². The smallest absolute Gasteiger partial charge is 0.315 e. The van der Waals surface area contributed by atoms with E-state index in [1.165, 1.54) is 0 Å². The maximum absolute atomic E-state index is 11.8. The Labute approximate surface area is 129 Å². The number of urea groups is 1. The SMILES string of the molecule is CC(O)(CNC(=O)NCc1ccc(O)cc1)c1ccccc1. The number of hydrogen-bond acceptors (Lipinski definition) is 3. The lowest BCUT2D eigenvalue weighted by Crippen LogP contribution is -2.43. The first kappa shape index (κ1) is 15.9. The highest BCUT2D eigenvalue weighted by atomic mass is 16.3. The highest BCUT2D eigenvalue weighted by molar-refractivity contribution is 5.73. The van der Waals surface area contributed by atoms with E-state index in [4.69, 9.17) is 0 Å². The van der Waals surface area contributed by atoms with Crippen LogP contribution in [0.15, 0.2) is 54.6 Å². The molecule has 0 saturated carbocycles. The van der Waals surface area contributed by atoms with Gasteiger partial charge < -0.3 is 20.8 Å². The van der Waals surface area contributed by atoms with E-state index in [9.17, 15) is 15.0 Å². The lowest BCUT2D eigenvalue weighted by molar-refractivity contribution is 0.0594. The minimum absolute atomic E-state index is 0.110. The molecule has 0 aliphatic carbocycles. The minimum atomic E-state index is -1.13. The quantitative estimate of drug-likeness (QED) is 0.682. The van der Waals surface area contributed by atoms with Gasteiger partial charge >= 0.3 is 6.03 Å². The average molecular weight is 300 g/mol. The standard InChI is InChI=1S/C17H20N2O3/c1-17(22,14-5-3-2-4-6-14)12-19-16(21)18-11-13-7-9-15(20)10-8-13/h2-10,20,22H,11-12H2,1H3,(H2,18,19,21). The van der Waals surface area contributed by atoms with E-state index in [0.29, 0.717) is 6.54 Å². The summed E-state index contributed by atoms with van der Waals surface area (Å²) in [6, 6.07) is 15.4. The van der Waals surface area contributed by atoms with Crippen LogP contribution in [-0.4, -0.2) is 22.8 Å². The van der Waals surface area contributed by atoms with Crippen LogP contribution in [0.1, 0.15) is 18.1 Å². The van der Waals surface area contributed by atoms with Crippen LogP contribution in [0.5, 0.6) is 5.75 Å². The van der Waals surface area contributed by atoms with E-state index in [2.05, 4.69) is 10.6 Å². The van der Waals surface area contributed by atoms with Crippen molar-refractivity contribution in [3.8, 4) is 5.75 Å². The van der Waals surface area contributed by atoms with E-state index < -0.39 is 5.60 Å². The zero-order valence-electron chi connectivity index (χ0n) is 12.4. The number of phenols is 1. The predicted octanol–water partition coefficient (Wildman–Crippen LogP) is 2.10.